The lowest BCUT2D eigenvalue weighted by Crippen LogP contribution is -2.56. The van der Waals surface area contributed by atoms with Crippen molar-refractivity contribution in [2.75, 3.05) is 12.4 Å². The number of benzene rings is 3. The molecule has 308 valence electrons. The molecule has 5 atom stereocenters. The topological polar surface area (TPSA) is 167 Å². The molecule has 11 nitrogen and oxygen atoms in total. The molecule has 0 aliphatic carbocycles. The molecule has 1 heterocycles. The maximum Gasteiger partial charge on any atom is 0.308 e. The third-order valence-corrected chi connectivity index (χ3v) is 11.6. The summed E-state index contributed by atoms with van der Waals surface area (Å²) in [4.78, 5) is 56.2. The molecule has 13 heteroatoms. The lowest BCUT2D eigenvalue weighted by atomic mass is 9.84. The Kier molecular flexibility index (Phi) is 18.4. The fourth-order valence-electron chi connectivity index (χ4n) is 6.45. The van der Waals surface area contributed by atoms with Crippen LogP contribution in [0.3, 0.4) is 0 Å². The number of ether oxygens (including phenoxy) is 1. The van der Waals surface area contributed by atoms with E-state index in [9.17, 15) is 29.4 Å². The van der Waals surface area contributed by atoms with Gasteiger partial charge in [0.1, 0.15) is 18.7 Å². The van der Waals surface area contributed by atoms with Gasteiger partial charge in [-0.3, -0.25) is 19.2 Å². The number of nitrogens with one attached hydrogen (secondary N) is 3. The first kappa shape index (κ1) is 45.6. The molecule has 58 heavy (non-hydrogen) atoms. The largest absolute Gasteiger partial charge is 0.461 e. The van der Waals surface area contributed by atoms with Gasteiger partial charge in [0.05, 0.1) is 47.0 Å². The number of hydrogen-bond acceptors (Lipinski definition) is 10. The van der Waals surface area contributed by atoms with E-state index in [0.29, 0.717) is 12.1 Å². The maximum absolute atomic E-state index is 13.5. The summed E-state index contributed by atoms with van der Waals surface area (Å²) < 4.78 is 4.49. The van der Waals surface area contributed by atoms with E-state index < -0.39 is 58.8 Å². The van der Waals surface area contributed by atoms with Gasteiger partial charge in [0.2, 0.25) is 17.7 Å². The first-order chi connectivity index (χ1) is 27.9. The number of esters is 1. The molecule has 0 fully saturated rings. The van der Waals surface area contributed by atoms with E-state index >= 15 is 0 Å². The SMILES string of the molecule is C=CCOC(=O)C[C@H](O)[C@H](NC(=O)[C@@H](C)NC(=O)[C@@H](Cc1cscn1)NC(=O)C[C@H](O)C=CCCSC(c1ccccc1)(c1ccccc1)c1ccccc1)C(C)C. The van der Waals surface area contributed by atoms with Gasteiger partial charge in [-0.05, 0) is 41.7 Å². The molecule has 0 bridgehead atoms. The average Bonchev–Trinajstić information content (AvgIpc) is 3.74. The van der Waals surface area contributed by atoms with Crippen molar-refractivity contribution in [1.29, 1.82) is 0 Å². The summed E-state index contributed by atoms with van der Waals surface area (Å²) in [5.74, 6) is -1.94. The van der Waals surface area contributed by atoms with Crippen LogP contribution in [-0.4, -0.2) is 81.6 Å². The second-order valence-corrected chi connectivity index (χ2v) is 16.2. The summed E-state index contributed by atoms with van der Waals surface area (Å²) >= 11 is 3.14. The van der Waals surface area contributed by atoms with Gasteiger partial charge in [0, 0.05) is 11.8 Å². The van der Waals surface area contributed by atoms with Crippen LogP contribution in [0.2, 0.25) is 0 Å². The molecule has 0 spiro atoms. The normalized spacial score (nSPS) is 14.2. The van der Waals surface area contributed by atoms with Gasteiger partial charge in [-0.2, -0.15) is 0 Å². The van der Waals surface area contributed by atoms with Crippen molar-refractivity contribution in [2.45, 2.75) is 81.5 Å². The Morgan fingerprint density at radius 1 is 0.845 bits per heavy atom. The first-order valence-electron chi connectivity index (χ1n) is 19.3. The van der Waals surface area contributed by atoms with Gasteiger partial charge in [-0.1, -0.05) is 130 Å². The minimum absolute atomic E-state index is 0.00206. The first-order valence-corrected chi connectivity index (χ1v) is 21.2. The Morgan fingerprint density at radius 2 is 1.43 bits per heavy atom. The molecule has 0 radical (unpaired) electrons. The summed E-state index contributed by atoms with van der Waals surface area (Å²) in [5.41, 5.74) is 5.65. The van der Waals surface area contributed by atoms with E-state index in [2.05, 4.69) is 63.9 Å². The number of carbonyl (C=O) groups is 4. The second kappa shape index (κ2) is 23.4. The summed E-state index contributed by atoms with van der Waals surface area (Å²) in [6.07, 6.45) is 2.60. The zero-order valence-electron chi connectivity index (χ0n) is 33.2. The quantitative estimate of drug-likeness (QED) is 0.0272. The van der Waals surface area contributed by atoms with E-state index in [1.165, 1.54) is 24.3 Å². The molecular formula is C45H54N4O7S2. The van der Waals surface area contributed by atoms with Crippen LogP contribution in [-0.2, 0) is 35.1 Å². The smallest absolute Gasteiger partial charge is 0.308 e. The minimum atomic E-state index is -1.23. The Bertz CT molecular complexity index is 1810. The highest BCUT2D eigenvalue weighted by Gasteiger charge is 2.36. The number of thiazole rings is 1. The van der Waals surface area contributed by atoms with E-state index in [-0.39, 0.29) is 31.8 Å². The number of aromatic nitrogens is 1. The van der Waals surface area contributed by atoms with Crippen LogP contribution < -0.4 is 16.0 Å². The molecule has 0 saturated heterocycles. The van der Waals surface area contributed by atoms with Crippen molar-refractivity contribution < 1.29 is 34.1 Å². The lowest BCUT2D eigenvalue weighted by molar-refractivity contribution is -0.145. The van der Waals surface area contributed by atoms with E-state index in [1.807, 2.05) is 60.7 Å². The molecule has 4 aromatic rings. The number of aliphatic hydroxyl groups is 2. The number of aliphatic hydroxyl groups excluding tert-OH is 2. The lowest BCUT2D eigenvalue weighted by Gasteiger charge is -2.35. The van der Waals surface area contributed by atoms with Crippen molar-refractivity contribution in [3.63, 3.8) is 0 Å². The minimum Gasteiger partial charge on any atom is -0.461 e. The summed E-state index contributed by atoms with van der Waals surface area (Å²) in [6.45, 7) is 8.53. The third kappa shape index (κ3) is 13.5. The highest BCUT2D eigenvalue weighted by molar-refractivity contribution is 8.00. The fraction of sp³-hybridized carbons (Fsp3) is 0.356. The van der Waals surface area contributed by atoms with Crippen LogP contribution in [0.5, 0.6) is 0 Å². The van der Waals surface area contributed by atoms with E-state index in [4.69, 9.17) is 4.74 Å². The number of allylic oxidation sites excluding steroid dienone is 1. The van der Waals surface area contributed by atoms with Crippen molar-refractivity contribution in [1.82, 2.24) is 20.9 Å². The summed E-state index contributed by atoms with van der Waals surface area (Å²) in [7, 11) is 0. The number of hydrogen-bond donors (Lipinski definition) is 5. The maximum atomic E-state index is 13.5. The molecule has 0 saturated carbocycles. The molecule has 3 aromatic carbocycles. The average molecular weight is 827 g/mol. The monoisotopic (exact) mass is 826 g/mol. The predicted octanol–water partition coefficient (Wildman–Crippen LogP) is 5.72. The Labute approximate surface area is 349 Å². The van der Waals surface area contributed by atoms with Crippen LogP contribution in [0.1, 0.15) is 62.4 Å². The highest BCUT2D eigenvalue weighted by Crippen LogP contribution is 2.48. The number of rotatable bonds is 23. The van der Waals surface area contributed by atoms with Crippen LogP contribution in [0.4, 0.5) is 0 Å². The molecule has 5 N–H and O–H groups in total. The molecule has 0 aliphatic heterocycles. The van der Waals surface area contributed by atoms with Gasteiger partial charge in [-0.15, -0.1) is 23.1 Å². The van der Waals surface area contributed by atoms with Gasteiger partial charge >= 0.3 is 5.97 Å². The van der Waals surface area contributed by atoms with Crippen LogP contribution in [0, 0.1) is 5.92 Å². The van der Waals surface area contributed by atoms with Crippen molar-refractivity contribution in [3.05, 3.63) is 149 Å². The zero-order chi connectivity index (χ0) is 41.9. The molecule has 1 aromatic heterocycles. The van der Waals surface area contributed by atoms with Gasteiger partial charge in [-0.25, -0.2) is 4.98 Å². The van der Waals surface area contributed by atoms with E-state index in [1.54, 1.807) is 42.6 Å². The number of nitrogens with zero attached hydrogens (tertiary/aromatic N) is 1. The van der Waals surface area contributed by atoms with Crippen LogP contribution in [0.25, 0.3) is 0 Å². The van der Waals surface area contributed by atoms with Gasteiger partial charge in [0.15, 0.2) is 0 Å². The Morgan fingerprint density at radius 3 is 1.95 bits per heavy atom. The van der Waals surface area contributed by atoms with Crippen LogP contribution >= 0.6 is 23.1 Å². The van der Waals surface area contributed by atoms with Crippen molar-refractivity contribution in [3.8, 4) is 0 Å². The van der Waals surface area contributed by atoms with Crippen molar-refractivity contribution in [2.24, 2.45) is 5.92 Å². The van der Waals surface area contributed by atoms with Gasteiger partial charge < -0.3 is 30.9 Å². The summed E-state index contributed by atoms with van der Waals surface area (Å²) in [6, 6.07) is 28.2. The zero-order valence-corrected chi connectivity index (χ0v) is 34.8. The number of amides is 3. The van der Waals surface area contributed by atoms with Crippen molar-refractivity contribution >= 4 is 46.8 Å². The van der Waals surface area contributed by atoms with E-state index in [0.717, 1.165) is 22.4 Å². The molecule has 3 amide bonds. The Hall–Kier alpha value is -5.08. The Balaban J connectivity index is 1.36. The third-order valence-electron chi connectivity index (χ3n) is 9.38. The number of carbonyl (C=O) groups excluding carboxylic acids is 4. The molecular weight excluding hydrogens is 773 g/mol. The number of thioether (sulfide) groups is 1. The fourth-order valence-corrected chi connectivity index (χ4v) is 8.49. The molecule has 0 aliphatic rings. The second-order valence-electron chi connectivity index (χ2n) is 14.2. The highest BCUT2D eigenvalue weighted by atomic mass is 32.2. The van der Waals surface area contributed by atoms with Crippen LogP contribution in [0.15, 0.2) is 127 Å². The molecule has 0 unspecified atom stereocenters. The standard InChI is InChI=1S/C45H54N4O7S2/c1-5-24-56-41(53)28-39(51)42(31(2)3)49-43(54)32(4)47-44(55)38(26-36-29-57-30-46-36)48-40(52)27-37(50)23-15-16-25-58-45(33-17-9-6-10-18-33,34-19-11-7-12-20-34)35-21-13-8-14-22-35/h5-15,17-23,29-32,37-39,42,50-51H,1,16,24-28H2,2-4H3,(H,47,55)(H,48,52)(H,49,54)/t32-,37-,38-,39+,42-/m1/s1. The summed E-state index contributed by atoms with van der Waals surface area (Å²) in [5, 5.41) is 31.4. The predicted molar refractivity (Wildman–Crippen MR) is 230 cm³/mol. The molecule has 4 rings (SSSR count). The van der Waals surface area contributed by atoms with Gasteiger partial charge in [0.25, 0.3) is 0 Å².